The van der Waals surface area contributed by atoms with E-state index in [0.717, 1.165) is 24.2 Å². The van der Waals surface area contributed by atoms with Crippen LogP contribution in [0, 0.1) is 5.92 Å². The minimum absolute atomic E-state index is 0.0752. The van der Waals surface area contributed by atoms with Crippen LogP contribution in [-0.4, -0.2) is 36.2 Å². The monoisotopic (exact) mass is 255 g/mol. The van der Waals surface area contributed by atoms with Crippen molar-refractivity contribution in [2.45, 2.75) is 51.0 Å². The van der Waals surface area contributed by atoms with E-state index in [1.807, 2.05) is 6.92 Å². The molecule has 0 radical (unpaired) electrons. The van der Waals surface area contributed by atoms with Crippen LogP contribution in [0.4, 0.5) is 17.6 Å². The molecule has 1 fully saturated rings. The summed E-state index contributed by atoms with van der Waals surface area (Å²) in [5.74, 6) is -6.27. The molecule has 17 heavy (non-hydrogen) atoms. The van der Waals surface area contributed by atoms with Gasteiger partial charge in [0.2, 0.25) is 0 Å². The van der Waals surface area contributed by atoms with Crippen molar-refractivity contribution >= 4 is 5.91 Å². The SMILES string of the molecule is CC1CCCCC1N(C)C(=O)C(F)(F)C(F)F. The molecule has 0 aliphatic heterocycles. The van der Waals surface area contributed by atoms with Crippen molar-refractivity contribution in [3.8, 4) is 0 Å². The lowest BCUT2D eigenvalue weighted by molar-refractivity contribution is -0.182. The van der Waals surface area contributed by atoms with Gasteiger partial charge in [0.15, 0.2) is 0 Å². The van der Waals surface area contributed by atoms with Crippen LogP contribution >= 0.6 is 0 Å². The lowest BCUT2D eigenvalue weighted by Gasteiger charge is -2.37. The molecule has 0 saturated heterocycles. The molecule has 0 aromatic heterocycles. The van der Waals surface area contributed by atoms with E-state index in [2.05, 4.69) is 0 Å². The van der Waals surface area contributed by atoms with E-state index in [1.54, 1.807) is 0 Å². The number of alkyl halides is 4. The Morgan fingerprint density at radius 3 is 2.29 bits per heavy atom. The van der Waals surface area contributed by atoms with Gasteiger partial charge in [0.05, 0.1) is 0 Å². The van der Waals surface area contributed by atoms with Gasteiger partial charge < -0.3 is 4.90 Å². The maximum atomic E-state index is 12.9. The van der Waals surface area contributed by atoms with Crippen molar-refractivity contribution in [3.05, 3.63) is 0 Å². The van der Waals surface area contributed by atoms with Crippen LogP contribution in [0.2, 0.25) is 0 Å². The highest BCUT2D eigenvalue weighted by molar-refractivity contribution is 5.84. The van der Waals surface area contributed by atoms with Gasteiger partial charge in [0.1, 0.15) is 0 Å². The highest BCUT2D eigenvalue weighted by Crippen LogP contribution is 2.31. The third-order valence-corrected chi connectivity index (χ3v) is 3.44. The Kier molecular flexibility index (Phi) is 4.38. The molecule has 6 heteroatoms. The van der Waals surface area contributed by atoms with Crippen LogP contribution in [0.3, 0.4) is 0 Å². The Labute approximate surface area is 98.0 Å². The normalized spacial score (nSPS) is 26.1. The van der Waals surface area contributed by atoms with E-state index in [9.17, 15) is 22.4 Å². The third kappa shape index (κ3) is 2.90. The second-order valence-corrected chi connectivity index (χ2v) is 4.67. The predicted molar refractivity (Wildman–Crippen MR) is 55.1 cm³/mol. The maximum absolute atomic E-state index is 12.9. The molecule has 0 spiro atoms. The van der Waals surface area contributed by atoms with Crippen LogP contribution in [0.1, 0.15) is 32.6 Å². The van der Waals surface area contributed by atoms with Crippen molar-refractivity contribution in [1.29, 1.82) is 0 Å². The average Bonchev–Trinajstić information content (AvgIpc) is 2.27. The molecule has 0 aromatic rings. The van der Waals surface area contributed by atoms with Gasteiger partial charge in [-0.1, -0.05) is 19.8 Å². The zero-order valence-corrected chi connectivity index (χ0v) is 9.93. The van der Waals surface area contributed by atoms with Crippen LogP contribution in [-0.2, 0) is 4.79 Å². The number of carbonyl (C=O) groups is 1. The van der Waals surface area contributed by atoms with Crippen molar-refractivity contribution in [2.24, 2.45) is 5.92 Å². The summed E-state index contributed by atoms with van der Waals surface area (Å²) in [6.07, 6.45) is -0.681. The Morgan fingerprint density at radius 2 is 1.82 bits per heavy atom. The molecule has 1 aliphatic carbocycles. The van der Waals surface area contributed by atoms with Crippen LogP contribution < -0.4 is 0 Å². The second-order valence-electron chi connectivity index (χ2n) is 4.67. The van der Waals surface area contributed by atoms with E-state index in [0.29, 0.717) is 6.42 Å². The smallest absolute Gasteiger partial charge is 0.337 e. The van der Waals surface area contributed by atoms with Gasteiger partial charge in [0.25, 0.3) is 5.91 Å². The fourth-order valence-electron chi connectivity index (χ4n) is 2.35. The molecular weight excluding hydrogens is 238 g/mol. The number of rotatable bonds is 3. The summed E-state index contributed by atoms with van der Waals surface area (Å²) < 4.78 is 50.0. The lowest BCUT2D eigenvalue weighted by atomic mass is 9.85. The molecule has 0 bridgehead atoms. The molecule has 0 N–H and O–H groups in total. The summed E-state index contributed by atoms with van der Waals surface area (Å²) in [5.41, 5.74) is 0. The summed E-state index contributed by atoms with van der Waals surface area (Å²) in [6.45, 7) is 1.86. The number of nitrogens with zero attached hydrogens (tertiary/aromatic N) is 1. The number of hydrogen-bond donors (Lipinski definition) is 0. The van der Waals surface area contributed by atoms with Gasteiger partial charge in [-0.3, -0.25) is 4.79 Å². The number of halogens is 4. The first-order chi connectivity index (χ1) is 7.78. The van der Waals surface area contributed by atoms with E-state index in [4.69, 9.17) is 0 Å². The van der Waals surface area contributed by atoms with Gasteiger partial charge in [-0.25, -0.2) is 8.78 Å². The average molecular weight is 255 g/mol. The van der Waals surface area contributed by atoms with Crippen molar-refractivity contribution < 1.29 is 22.4 Å². The zero-order chi connectivity index (χ0) is 13.2. The fraction of sp³-hybridized carbons (Fsp3) is 0.909. The number of amides is 1. The molecule has 2 atom stereocenters. The summed E-state index contributed by atoms with van der Waals surface area (Å²) in [6, 6.07) is -0.360. The highest BCUT2D eigenvalue weighted by atomic mass is 19.3. The molecule has 0 heterocycles. The van der Waals surface area contributed by atoms with Gasteiger partial charge >= 0.3 is 12.3 Å². The number of hydrogen-bond acceptors (Lipinski definition) is 1. The van der Waals surface area contributed by atoms with Gasteiger partial charge in [-0.2, -0.15) is 8.78 Å². The minimum Gasteiger partial charge on any atom is -0.337 e. The molecule has 1 saturated carbocycles. The third-order valence-electron chi connectivity index (χ3n) is 3.44. The maximum Gasteiger partial charge on any atom is 0.383 e. The molecule has 1 aliphatic rings. The molecule has 100 valence electrons. The summed E-state index contributed by atoms with van der Waals surface area (Å²) in [4.78, 5) is 12.1. The standard InChI is InChI=1S/C11H17F4NO/c1-7-5-3-4-6-8(7)16(2)10(17)11(14,15)9(12)13/h7-9H,3-6H2,1-2H3. The van der Waals surface area contributed by atoms with Crippen molar-refractivity contribution in [1.82, 2.24) is 4.90 Å². The molecule has 1 amide bonds. The summed E-state index contributed by atoms with van der Waals surface area (Å²) in [5, 5.41) is 0. The summed E-state index contributed by atoms with van der Waals surface area (Å²) in [7, 11) is 1.19. The zero-order valence-electron chi connectivity index (χ0n) is 9.93. The van der Waals surface area contributed by atoms with Crippen LogP contribution in [0.15, 0.2) is 0 Å². The Hall–Kier alpha value is -0.810. The molecule has 2 unspecified atom stereocenters. The van der Waals surface area contributed by atoms with E-state index in [1.165, 1.54) is 7.05 Å². The van der Waals surface area contributed by atoms with Gasteiger partial charge in [-0.05, 0) is 18.8 Å². The largest absolute Gasteiger partial charge is 0.383 e. The molecule has 2 nitrogen and oxygen atoms in total. The molecular formula is C11H17F4NO. The van der Waals surface area contributed by atoms with E-state index in [-0.39, 0.29) is 12.0 Å². The minimum atomic E-state index is -4.58. The van der Waals surface area contributed by atoms with E-state index >= 15 is 0 Å². The second kappa shape index (κ2) is 5.23. The first-order valence-corrected chi connectivity index (χ1v) is 5.71. The Morgan fingerprint density at radius 1 is 1.29 bits per heavy atom. The first-order valence-electron chi connectivity index (χ1n) is 5.71. The molecule has 1 rings (SSSR count). The van der Waals surface area contributed by atoms with E-state index < -0.39 is 18.3 Å². The quantitative estimate of drug-likeness (QED) is 0.710. The van der Waals surface area contributed by atoms with Crippen molar-refractivity contribution in [3.63, 3.8) is 0 Å². The van der Waals surface area contributed by atoms with Crippen LogP contribution in [0.5, 0.6) is 0 Å². The van der Waals surface area contributed by atoms with Gasteiger partial charge in [0, 0.05) is 13.1 Å². The Balaban J connectivity index is 2.75. The molecule has 0 aromatic carbocycles. The number of carbonyl (C=O) groups excluding carboxylic acids is 1. The Bertz CT molecular complexity index is 283. The van der Waals surface area contributed by atoms with Crippen molar-refractivity contribution in [2.75, 3.05) is 7.05 Å². The topological polar surface area (TPSA) is 20.3 Å². The van der Waals surface area contributed by atoms with Gasteiger partial charge in [-0.15, -0.1) is 0 Å². The first kappa shape index (κ1) is 14.3. The fourth-order valence-corrected chi connectivity index (χ4v) is 2.35. The lowest BCUT2D eigenvalue weighted by Crippen LogP contribution is -2.52. The summed E-state index contributed by atoms with van der Waals surface area (Å²) >= 11 is 0. The van der Waals surface area contributed by atoms with Crippen LogP contribution in [0.25, 0.3) is 0 Å². The highest BCUT2D eigenvalue weighted by Gasteiger charge is 2.51. The predicted octanol–water partition coefficient (Wildman–Crippen LogP) is 2.92.